The van der Waals surface area contributed by atoms with E-state index in [1.807, 2.05) is 0 Å². The first-order valence-corrected chi connectivity index (χ1v) is 5.39. The number of nitrogens with zero attached hydrogens (tertiary/aromatic N) is 1. The lowest BCUT2D eigenvalue weighted by Gasteiger charge is -2.09. The molecule has 18 heavy (non-hydrogen) atoms. The number of nitrogens with one attached hydrogen (secondary N) is 1. The quantitative estimate of drug-likeness (QED) is 0.852. The smallest absolute Gasteiger partial charge is 0.325 e. The summed E-state index contributed by atoms with van der Waals surface area (Å²) in [5.74, 6) is -1.05. The minimum absolute atomic E-state index is 0.0898. The molecule has 0 radical (unpaired) electrons. The van der Waals surface area contributed by atoms with Gasteiger partial charge in [0.1, 0.15) is 11.6 Å². The largest absolute Gasteiger partial charge is 0.480 e. The van der Waals surface area contributed by atoms with Gasteiger partial charge in [0.25, 0.3) is 11.6 Å². The van der Waals surface area contributed by atoms with E-state index in [0.29, 0.717) is 11.0 Å². The Morgan fingerprint density at radius 1 is 1.50 bits per heavy atom. The summed E-state index contributed by atoms with van der Waals surface area (Å²) in [6, 6.07) is 4.21. The van der Waals surface area contributed by atoms with E-state index in [4.69, 9.17) is 9.52 Å². The summed E-state index contributed by atoms with van der Waals surface area (Å²) in [5.41, 5.74) is 0.719. The van der Waals surface area contributed by atoms with Gasteiger partial charge in [-0.1, -0.05) is 12.1 Å². The van der Waals surface area contributed by atoms with Crippen LogP contribution in [0.25, 0.3) is 11.0 Å². The summed E-state index contributed by atoms with van der Waals surface area (Å²) in [5, 5.41) is 11.7. The Kier molecular flexibility index (Phi) is 3.01. The van der Waals surface area contributed by atoms with Crippen LogP contribution < -0.4 is 10.9 Å². The fourth-order valence-corrected chi connectivity index (χ4v) is 1.58. The molecule has 6 nitrogen and oxygen atoms in total. The molecule has 94 valence electrons. The highest BCUT2D eigenvalue weighted by Gasteiger charge is 2.14. The van der Waals surface area contributed by atoms with Crippen LogP contribution in [0.4, 0.5) is 6.01 Å². The predicted molar refractivity (Wildman–Crippen MR) is 65.7 cm³/mol. The monoisotopic (exact) mass is 248 g/mol. The molecular weight excluding hydrogens is 236 g/mol. The molecule has 1 aromatic heterocycles. The van der Waals surface area contributed by atoms with Crippen molar-refractivity contribution in [2.24, 2.45) is 0 Å². The molecule has 2 aromatic rings. The van der Waals surface area contributed by atoms with Crippen molar-refractivity contribution in [1.82, 2.24) is 4.98 Å². The second-order valence-electron chi connectivity index (χ2n) is 3.98. The van der Waals surface area contributed by atoms with E-state index < -0.39 is 17.6 Å². The van der Waals surface area contributed by atoms with E-state index >= 15 is 0 Å². The maximum absolute atomic E-state index is 11.8. The van der Waals surface area contributed by atoms with E-state index in [9.17, 15) is 9.59 Å². The zero-order valence-corrected chi connectivity index (χ0v) is 9.93. The first kappa shape index (κ1) is 12.1. The van der Waals surface area contributed by atoms with Crippen molar-refractivity contribution in [2.75, 3.05) is 5.32 Å². The van der Waals surface area contributed by atoms with Crippen LogP contribution in [0.3, 0.4) is 0 Å². The number of aliphatic carboxylic acids is 1. The Hall–Kier alpha value is -2.37. The highest BCUT2D eigenvalue weighted by Crippen LogP contribution is 2.16. The maximum Gasteiger partial charge on any atom is 0.325 e. The van der Waals surface area contributed by atoms with Crippen LogP contribution in [0.5, 0.6) is 0 Å². The van der Waals surface area contributed by atoms with Crippen LogP contribution in [0, 0.1) is 6.92 Å². The Morgan fingerprint density at radius 2 is 2.22 bits per heavy atom. The fourth-order valence-electron chi connectivity index (χ4n) is 1.58. The molecule has 6 heteroatoms. The van der Waals surface area contributed by atoms with E-state index in [2.05, 4.69) is 10.3 Å². The van der Waals surface area contributed by atoms with Gasteiger partial charge >= 0.3 is 5.97 Å². The second-order valence-corrected chi connectivity index (χ2v) is 3.98. The number of hydrogen-bond donors (Lipinski definition) is 2. The third-order valence-corrected chi connectivity index (χ3v) is 2.57. The maximum atomic E-state index is 11.8. The van der Waals surface area contributed by atoms with Gasteiger partial charge in [0, 0.05) is 0 Å². The van der Waals surface area contributed by atoms with Gasteiger partial charge in [-0.2, -0.15) is 4.98 Å². The molecule has 0 fully saturated rings. The molecule has 0 spiro atoms. The number of carboxylic acids is 1. The normalized spacial score (nSPS) is 12.3. The van der Waals surface area contributed by atoms with Gasteiger partial charge in [0.05, 0.1) is 5.39 Å². The van der Waals surface area contributed by atoms with E-state index in [1.165, 1.54) is 6.92 Å². The number of hydrogen-bond acceptors (Lipinski definition) is 5. The molecule has 0 aliphatic heterocycles. The minimum atomic E-state index is -1.05. The molecule has 0 bridgehead atoms. The lowest BCUT2D eigenvalue weighted by molar-refractivity contribution is -0.137. The molecule has 1 heterocycles. The molecule has 2 rings (SSSR count). The molecule has 0 aliphatic rings. The molecule has 1 aromatic carbocycles. The number of carbonyl (C=O) groups is 1. The van der Waals surface area contributed by atoms with Gasteiger partial charge in [-0.3, -0.25) is 9.59 Å². The summed E-state index contributed by atoms with van der Waals surface area (Å²) in [4.78, 5) is 26.2. The summed E-state index contributed by atoms with van der Waals surface area (Å²) < 4.78 is 5.36. The standard InChI is InChI=1S/C12H12N2O4/c1-6-4-3-5-8-9(6)10(15)14-12(18-8)13-7(2)11(16)17/h3-5,7H,1-2H3,(H,16,17)(H,13,14,15)/t7-/m1/s1. The molecular formula is C12H12N2O4. The van der Waals surface area contributed by atoms with Crippen molar-refractivity contribution in [1.29, 1.82) is 0 Å². The van der Waals surface area contributed by atoms with E-state index in [1.54, 1.807) is 25.1 Å². The third-order valence-electron chi connectivity index (χ3n) is 2.57. The summed E-state index contributed by atoms with van der Waals surface area (Å²) in [6.07, 6.45) is 0. The molecule has 0 saturated carbocycles. The molecule has 0 unspecified atom stereocenters. The topological polar surface area (TPSA) is 92.4 Å². The minimum Gasteiger partial charge on any atom is -0.480 e. The highest BCUT2D eigenvalue weighted by atomic mass is 16.4. The zero-order valence-electron chi connectivity index (χ0n) is 9.93. The molecule has 1 atom stereocenters. The Morgan fingerprint density at radius 3 is 2.89 bits per heavy atom. The van der Waals surface area contributed by atoms with Crippen molar-refractivity contribution in [3.63, 3.8) is 0 Å². The van der Waals surface area contributed by atoms with Crippen LogP contribution in [-0.4, -0.2) is 22.1 Å². The molecule has 0 amide bonds. The number of anilines is 1. The average molecular weight is 248 g/mol. The number of rotatable bonds is 3. The summed E-state index contributed by atoms with van der Waals surface area (Å²) in [7, 11) is 0. The SMILES string of the molecule is Cc1cccc2oc(N[C@H](C)C(=O)O)nc(=O)c12. The van der Waals surface area contributed by atoms with Gasteiger partial charge < -0.3 is 14.8 Å². The van der Waals surface area contributed by atoms with E-state index in [-0.39, 0.29) is 6.01 Å². The van der Waals surface area contributed by atoms with Gasteiger partial charge in [-0.25, -0.2) is 0 Å². The van der Waals surface area contributed by atoms with Crippen LogP contribution in [0.15, 0.2) is 27.4 Å². The lowest BCUT2D eigenvalue weighted by atomic mass is 10.1. The predicted octanol–water partition coefficient (Wildman–Crippen LogP) is 1.38. The number of fused-ring (bicyclic) bond motifs is 1. The van der Waals surface area contributed by atoms with Gasteiger partial charge in [-0.15, -0.1) is 0 Å². The van der Waals surface area contributed by atoms with Gasteiger partial charge in [0.15, 0.2) is 0 Å². The van der Waals surface area contributed by atoms with Crippen molar-refractivity contribution in [3.8, 4) is 0 Å². The zero-order chi connectivity index (χ0) is 13.3. The lowest BCUT2D eigenvalue weighted by Crippen LogP contribution is -2.27. The van der Waals surface area contributed by atoms with Crippen molar-refractivity contribution < 1.29 is 14.3 Å². The van der Waals surface area contributed by atoms with E-state index in [0.717, 1.165) is 5.56 Å². The number of carboxylic acid groups (broad SMARTS) is 1. The number of aromatic nitrogens is 1. The van der Waals surface area contributed by atoms with Crippen LogP contribution >= 0.6 is 0 Å². The fraction of sp³-hybridized carbons (Fsp3) is 0.250. The first-order valence-electron chi connectivity index (χ1n) is 5.39. The number of aryl methyl sites for hydroxylation is 1. The molecule has 2 N–H and O–H groups in total. The average Bonchev–Trinajstić information content (AvgIpc) is 2.28. The van der Waals surface area contributed by atoms with Gasteiger partial charge in [0.2, 0.25) is 0 Å². The van der Waals surface area contributed by atoms with Crippen LogP contribution in [0.1, 0.15) is 12.5 Å². The molecule has 0 saturated heterocycles. The highest BCUT2D eigenvalue weighted by molar-refractivity contribution is 5.80. The number of benzene rings is 1. The third kappa shape index (κ3) is 2.17. The Bertz CT molecular complexity index is 663. The van der Waals surface area contributed by atoms with Crippen molar-refractivity contribution in [3.05, 3.63) is 34.1 Å². The molecule has 0 aliphatic carbocycles. The van der Waals surface area contributed by atoms with Crippen LogP contribution in [-0.2, 0) is 4.79 Å². The van der Waals surface area contributed by atoms with Crippen LogP contribution in [0.2, 0.25) is 0 Å². The van der Waals surface area contributed by atoms with Crippen molar-refractivity contribution >= 4 is 23.0 Å². The van der Waals surface area contributed by atoms with Crippen molar-refractivity contribution in [2.45, 2.75) is 19.9 Å². The Labute approximate surface area is 102 Å². The Balaban J connectivity index is 2.50. The first-order chi connectivity index (χ1) is 8.49. The second kappa shape index (κ2) is 4.48. The van der Waals surface area contributed by atoms with Gasteiger partial charge in [-0.05, 0) is 25.5 Å². The summed E-state index contributed by atoms with van der Waals surface area (Å²) >= 11 is 0. The summed E-state index contributed by atoms with van der Waals surface area (Å²) in [6.45, 7) is 3.22.